The molecule has 0 aromatic heterocycles. The van der Waals surface area contributed by atoms with Gasteiger partial charge in [-0.15, -0.1) is 0 Å². The summed E-state index contributed by atoms with van der Waals surface area (Å²) in [4.78, 5) is 12.2. The Hall–Kier alpha value is -0.420. The Morgan fingerprint density at radius 2 is 2.18 bits per heavy atom. The van der Waals surface area contributed by atoms with Gasteiger partial charge in [-0.3, -0.25) is 0 Å². The summed E-state index contributed by atoms with van der Waals surface area (Å²) in [6.07, 6.45) is 6.81. The average molecular weight is 327 g/mol. The number of carbonyl (C=O) groups excluding carboxylic acids is 1. The Labute approximate surface area is 138 Å². The number of amides is 2. The zero-order valence-corrected chi connectivity index (χ0v) is 14.8. The number of nitrogens with one attached hydrogen (secondary N) is 2. The van der Waals surface area contributed by atoms with Crippen molar-refractivity contribution in [2.24, 2.45) is 11.3 Å². The van der Waals surface area contributed by atoms with E-state index in [1.54, 1.807) is 0 Å². The van der Waals surface area contributed by atoms with Gasteiger partial charge in [-0.2, -0.15) is 11.8 Å². The van der Waals surface area contributed by atoms with Crippen LogP contribution in [0.1, 0.15) is 52.4 Å². The maximum absolute atomic E-state index is 12.2. The molecule has 2 aliphatic heterocycles. The van der Waals surface area contributed by atoms with Gasteiger partial charge in [0.05, 0.1) is 5.60 Å². The molecule has 5 heteroatoms. The van der Waals surface area contributed by atoms with E-state index in [2.05, 4.69) is 24.5 Å². The zero-order chi connectivity index (χ0) is 15.6. The summed E-state index contributed by atoms with van der Waals surface area (Å²) in [6.45, 7) is 6.15. The Bertz CT molecular complexity index is 403. The van der Waals surface area contributed by atoms with Crippen LogP contribution in [-0.2, 0) is 4.74 Å². The first-order valence-electron chi connectivity index (χ1n) is 8.77. The Morgan fingerprint density at radius 1 is 1.36 bits per heavy atom. The number of thioether (sulfide) groups is 1. The third kappa shape index (κ3) is 4.10. The summed E-state index contributed by atoms with van der Waals surface area (Å²) in [7, 11) is 0. The molecular weight excluding hydrogens is 296 g/mol. The van der Waals surface area contributed by atoms with Crippen molar-refractivity contribution in [1.29, 1.82) is 0 Å². The number of hydrogen-bond acceptors (Lipinski definition) is 3. The molecule has 2 heterocycles. The van der Waals surface area contributed by atoms with Crippen LogP contribution in [0.5, 0.6) is 0 Å². The van der Waals surface area contributed by atoms with E-state index < -0.39 is 0 Å². The molecule has 3 fully saturated rings. The van der Waals surface area contributed by atoms with Crippen molar-refractivity contribution in [3.63, 3.8) is 0 Å². The van der Waals surface area contributed by atoms with Gasteiger partial charge in [-0.05, 0) is 55.6 Å². The number of rotatable bonds is 5. The number of ether oxygens (including phenoxy) is 1. The van der Waals surface area contributed by atoms with E-state index in [1.807, 2.05) is 11.8 Å². The molecule has 1 saturated carbocycles. The summed E-state index contributed by atoms with van der Waals surface area (Å²) < 4.78 is 6.01. The van der Waals surface area contributed by atoms with Gasteiger partial charge in [0.15, 0.2) is 0 Å². The van der Waals surface area contributed by atoms with E-state index in [9.17, 15) is 4.79 Å². The molecular formula is C17H30N2O2S. The molecule has 0 aromatic carbocycles. The lowest BCUT2D eigenvalue weighted by molar-refractivity contribution is -0.0684. The fourth-order valence-corrected chi connectivity index (χ4v) is 5.39. The topological polar surface area (TPSA) is 50.4 Å². The minimum Gasteiger partial charge on any atom is -0.374 e. The van der Waals surface area contributed by atoms with Crippen LogP contribution in [0.3, 0.4) is 0 Å². The van der Waals surface area contributed by atoms with E-state index in [1.165, 1.54) is 25.0 Å². The van der Waals surface area contributed by atoms with Crippen molar-refractivity contribution < 1.29 is 9.53 Å². The number of hydrogen-bond donors (Lipinski definition) is 2. The smallest absolute Gasteiger partial charge is 0.315 e. The molecule has 2 atom stereocenters. The number of urea groups is 1. The quantitative estimate of drug-likeness (QED) is 0.816. The molecule has 3 rings (SSSR count). The highest BCUT2D eigenvalue weighted by molar-refractivity contribution is 7.99. The summed E-state index contributed by atoms with van der Waals surface area (Å²) in [5.41, 5.74) is 0.431. The highest BCUT2D eigenvalue weighted by atomic mass is 32.2. The Morgan fingerprint density at radius 3 is 2.82 bits per heavy atom. The molecule has 2 saturated heterocycles. The molecule has 126 valence electrons. The molecule has 3 aliphatic rings. The third-order valence-corrected chi connectivity index (χ3v) is 6.54. The standard InChI is InChI=1S/C17H30N2O2S/c1-13(2)9-16(4-5-16)11-18-15(20)19-14-3-7-21-17(10-14)6-8-22-12-17/h13-14H,3-12H2,1-2H3,(H2,18,19,20)/t14-,17-/m1/s1. The summed E-state index contributed by atoms with van der Waals surface area (Å²) in [5, 5.41) is 6.31. The SMILES string of the molecule is CC(C)CC1(CNC(=O)N[C@@H]2CCO[C@]3(CCSC3)C2)CC1. The zero-order valence-electron chi connectivity index (χ0n) is 14.0. The minimum absolute atomic E-state index is 0.0164. The van der Waals surface area contributed by atoms with Gasteiger partial charge in [0, 0.05) is 24.9 Å². The first-order valence-corrected chi connectivity index (χ1v) is 9.93. The molecule has 0 bridgehead atoms. The maximum Gasteiger partial charge on any atom is 0.315 e. The van der Waals surface area contributed by atoms with E-state index in [0.29, 0.717) is 11.3 Å². The number of carbonyl (C=O) groups is 1. The van der Waals surface area contributed by atoms with Crippen molar-refractivity contribution in [2.75, 3.05) is 24.7 Å². The van der Waals surface area contributed by atoms with E-state index in [4.69, 9.17) is 4.74 Å². The lowest BCUT2D eigenvalue weighted by Gasteiger charge is -2.38. The van der Waals surface area contributed by atoms with Crippen molar-refractivity contribution in [1.82, 2.24) is 10.6 Å². The highest BCUT2D eigenvalue weighted by Gasteiger charge is 2.43. The van der Waals surface area contributed by atoms with Crippen molar-refractivity contribution >= 4 is 17.8 Å². The molecule has 22 heavy (non-hydrogen) atoms. The second-order valence-electron chi connectivity index (χ2n) is 7.95. The summed E-state index contributed by atoms with van der Waals surface area (Å²) in [5.74, 6) is 2.99. The Kier molecular flexibility index (Phi) is 4.93. The molecule has 1 aliphatic carbocycles. The van der Waals surface area contributed by atoms with Crippen LogP contribution in [0.15, 0.2) is 0 Å². The fourth-order valence-electron chi connectivity index (χ4n) is 4.01. The van der Waals surface area contributed by atoms with Gasteiger partial charge >= 0.3 is 6.03 Å². The van der Waals surface area contributed by atoms with Gasteiger partial charge in [-0.1, -0.05) is 13.8 Å². The monoisotopic (exact) mass is 326 g/mol. The normalized spacial score (nSPS) is 33.1. The lowest BCUT2D eigenvalue weighted by atomic mass is 9.90. The van der Waals surface area contributed by atoms with Crippen molar-refractivity contribution in [2.45, 2.75) is 64.0 Å². The maximum atomic E-state index is 12.2. The van der Waals surface area contributed by atoms with Crippen LogP contribution < -0.4 is 10.6 Å². The molecule has 1 spiro atoms. The molecule has 0 radical (unpaired) electrons. The predicted octanol–water partition coefficient (Wildman–Crippen LogP) is 3.17. The van der Waals surface area contributed by atoms with Crippen LogP contribution in [0.4, 0.5) is 4.79 Å². The van der Waals surface area contributed by atoms with Crippen LogP contribution in [0, 0.1) is 11.3 Å². The molecule has 0 unspecified atom stereocenters. The summed E-state index contributed by atoms with van der Waals surface area (Å²) in [6, 6.07) is 0.287. The van der Waals surface area contributed by atoms with Gasteiger partial charge < -0.3 is 15.4 Å². The molecule has 0 aromatic rings. The second-order valence-corrected chi connectivity index (χ2v) is 9.05. The van der Waals surface area contributed by atoms with Crippen LogP contribution in [-0.4, -0.2) is 42.3 Å². The Balaban J connectivity index is 1.42. The average Bonchev–Trinajstić information content (AvgIpc) is 3.08. The van der Waals surface area contributed by atoms with Crippen molar-refractivity contribution in [3.05, 3.63) is 0 Å². The highest BCUT2D eigenvalue weighted by Crippen LogP contribution is 2.50. The van der Waals surface area contributed by atoms with Gasteiger partial charge in [0.2, 0.25) is 0 Å². The molecule has 2 N–H and O–H groups in total. The third-order valence-electron chi connectivity index (χ3n) is 5.32. The summed E-state index contributed by atoms with van der Waals surface area (Å²) >= 11 is 1.97. The largest absolute Gasteiger partial charge is 0.374 e. The van der Waals surface area contributed by atoms with E-state index in [-0.39, 0.29) is 17.7 Å². The lowest BCUT2D eigenvalue weighted by Crippen LogP contribution is -2.51. The van der Waals surface area contributed by atoms with Gasteiger partial charge in [-0.25, -0.2) is 4.79 Å². The molecule has 2 amide bonds. The fraction of sp³-hybridized carbons (Fsp3) is 0.941. The van der Waals surface area contributed by atoms with E-state index >= 15 is 0 Å². The van der Waals surface area contributed by atoms with Crippen LogP contribution in [0.25, 0.3) is 0 Å². The first kappa shape index (κ1) is 16.4. The van der Waals surface area contributed by atoms with Crippen LogP contribution in [0.2, 0.25) is 0 Å². The minimum atomic E-state index is 0.0164. The van der Waals surface area contributed by atoms with Gasteiger partial charge in [0.25, 0.3) is 0 Å². The van der Waals surface area contributed by atoms with E-state index in [0.717, 1.165) is 38.2 Å². The molecule has 4 nitrogen and oxygen atoms in total. The van der Waals surface area contributed by atoms with Crippen molar-refractivity contribution in [3.8, 4) is 0 Å². The predicted molar refractivity (Wildman–Crippen MR) is 91.3 cm³/mol. The first-order chi connectivity index (χ1) is 10.5. The van der Waals surface area contributed by atoms with Gasteiger partial charge in [0.1, 0.15) is 0 Å². The van der Waals surface area contributed by atoms with Crippen LogP contribution >= 0.6 is 11.8 Å². The second kappa shape index (κ2) is 6.60.